The van der Waals surface area contributed by atoms with Gasteiger partial charge in [0.2, 0.25) is 0 Å². The Morgan fingerprint density at radius 2 is 2.21 bits per heavy atom. The van der Waals surface area contributed by atoms with Crippen molar-refractivity contribution in [3.63, 3.8) is 0 Å². The molecule has 0 aliphatic carbocycles. The molecule has 4 heteroatoms. The van der Waals surface area contributed by atoms with E-state index in [1.165, 1.54) is 5.56 Å². The largest absolute Gasteiger partial charge is 0.464 e. The van der Waals surface area contributed by atoms with Gasteiger partial charge in [-0.05, 0) is 30.8 Å². The molecule has 2 aromatic rings. The van der Waals surface area contributed by atoms with Crippen LogP contribution in [0.2, 0.25) is 0 Å². The Hall–Kier alpha value is -1.65. The van der Waals surface area contributed by atoms with Crippen molar-refractivity contribution in [3.05, 3.63) is 53.7 Å². The van der Waals surface area contributed by atoms with Crippen LogP contribution in [0, 0.1) is 0 Å². The lowest BCUT2D eigenvalue weighted by atomic mass is 10.1. The summed E-state index contributed by atoms with van der Waals surface area (Å²) in [5.41, 5.74) is 7.06. The number of furan rings is 1. The molecule has 0 bridgehead atoms. The summed E-state index contributed by atoms with van der Waals surface area (Å²) in [5, 5.41) is 0. The predicted octanol–water partition coefficient (Wildman–Crippen LogP) is 2.37. The van der Waals surface area contributed by atoms with E-state index < -0.39 is 0 Å². The SMILES string of the molecule is CCc1ccc(C(CN)N(C)Cc2cccnc2)o1. The molecule has 0 radical (unpaired) electrons. The van der Waals surface area contributed by atoms with Crippen LogP contribution in [0.3, 0.4) is 0 Å². The summed E-state index contributed by atoms with van der Waals surface area (Å²) in [6, 6.07) is 8.16. The van der Waals surface area contributed by atoms with Crippen molar-refractivity contribution < 1.29 is 4.42 Å². The number of likely N-dealkylation sites (N-methyl/N-ethyl adjacent to an activating group) is 1. The van der Waals surface area contributed by atoms with Crippen molar-refractivity contribution in [2.45, 2.75) is 25.9 Å². The first-order chi connectivity index (χ1) is 9.24. The van der Waals surface area contributed by atoms with Crippen molar-refractivity contribution in [1.82, 2.24) is 9.88 Å². The minimum Gasteiger partial charge on any atom is -0.464 e. The first kappa shape index (κ1) is 13.8. The predicted molar refractivity (Wildman–Crippen MR) is 75.6 cm³/mol. The zero-order chi connectivity index (χ0) is 13.7. The van der Waals surface area contributed by atoms with Crippen molar-refractivity contribution in [2.24, 2.45) is 5.73 Å². The summed E-state index contributed by atoms with van der Waals surface area (Å²) in [6.45, 7) is 3.42. The molecule has 0 saturated carbocycles. The molecule has 19 heavy (non-hydrogen) atoms. The van der Waals surface area contributed by atoms with Crippen LogP contribution in [0.1, 0.15) is 30.0 Å². The van der Waals surface area contributed by atoms with Crippen LogP contribution in [0.15, 0.2) is 41.1 Å². The van der Waals surface area contributed by atoms with Gasteiger partial charge in [-0.1, -0.05) is 13.0 Å². The highest BCUT2D eigenvalue weighted by Crippen LogP contribution is 2.22. The number of nitrogens with two attached hydrogens (primary N) is 1. The topological polar surface area (TPSA) is 55.3 Å². The molecule has 102 valence electrons. The van der Waals surface area contributed by atoms with E-state index in [9.17, 15) is 0 Å². The zero-order valence-corrected chi connectivity index (χ0v) is 11.5. The Morgan fingerprint density at radius 3 is 2.79 bits per heavy atom. The van der Waals surface area contributed by atoms with Gasteiger partial charge in [0.1, 0.15) is 11.5 Å². The van der Waals surface area contributed by atoms with Crippen LogP contribution in [0.4, 0.5) is 0 Å². The number of pyridine rings is 1. The lowest BCUT2D eigenvalue weighted by Gasteiger charge is -2.25. The van der Waals surface area contributed by atoms with Crippen LogP contribution >= 0.6 is 0 Å². The maximum atomic E-state index is 5.89. The van der Waals surface area contributed by atoms with Gasteiger partial charge in [0.25, 0.3) is 0 Å². The molecule has 2 rings (SSSR count). The summed E-state index contributed by atoms with van der Waals surface area (Å²) in [4.78, 5) is 6.32. The van der Waals surface area contributed by atoms with Gasteiger partial charge in [0.15, 0.2) is 0 Å². The molecule has 2 heterocycles. The second-order valence-electron chi connectivity index (χ2n) is 4.69. The van der Waals surface area contributed by atoms with Gasteiger partial charge in [-0.2, -0.15) is 0 Å². The smallest absolute Gasteiger partial charge is 0.122 e. The van der Waals surface area contributed by atoms with E-state index >= 15 is 0 Å². The molecule has 0 aliphatic rings. The maximum Gasteiger partial charge on any atom is 0.122 e. The molecular weight excluding hydrogens is 238 g/mol. The highest BCUT2D eigenvalue weighted by atomic mass is 16.3. The third-order valence-electron chi connectivity index (χ3n) is 3.27. The lowest BCUT2D eigenvalue weighted by Crippen LogP contribution is -2.29. The number of rotatable bonds is 6. The standard InChI is InChI=1S/C15H21N3O/c1-3-13-6-7-15(19-13)14(9-16)18(2)11-12-5-4-8-17-10-12/h4-8,10,14H,3,9,11,16H2,1-2H3. The number of hydrogen-bond acceptors (Lipinski definition) is 4. The average molecular weight is 259 g/mol. The fourth-order valence-corrected chi connectivity index (χ4v) is 2.17. The normalized spacial score (nSPS) is 12.8. The Bertz CT molecular complexity index is 495. The summed E-state index contributed by atoms with van der Waals surface area (Å²) in [7, 11) is 2.05. The molecule has 2 N–H and O–H groups in total. The molecule has 4 nitrogen and oxygen atoms in total. The van der Waals surface area contributed by atoms with Crippen LogP contribution in [0.25, 0.3) is 0 Å². The lowest BCUT2D eigenvalue weighted by molar-refractivity contribution is 0.210. The minimum absolute atomic E-state index is 0.0977. The van der Waals surface area contributed by atoms with E-state index in [4.69, 9.17) is 10.2 Å². The summed E-state index contributed by atoms with van der Waals surface area (Å²) >= 11 is 0. The minimum atomic E-state index is 0.0977. The molecule has 0 fully saturated rings. The second-order valence-corrected chi connectivity index (χ2v) is 4.69. The quantitative estimate of drug-likeness (QED) is 0.865. The van der Waals surface area contributed by atoms with Crippen LogP contribution in [-0.4, -0.2) is 23.5 Å². The average Bonchev–Trinajstić information content (AvgIpc) is 2.89. The Kier molecular flexibility index (Phi) is 4.71. The number of aryl methyl sites for hydroxylation is 1. The summed E-state index contributed by atoms with van der Waals surface area (Å²) in [5.74, 6) is 1.94. The zero-order valence-electron chi connectivity index (χ0n) is 11.5. The molecule has 0 saturated heterocycles. The molecular formula is C15H21N3O. The Morgan fingerprint density at radius 1 is 1.37 bits per heavy atom. The molecule has 0 spiro atoms. The number of hydrogen-bond donors (Lipinski definition) is 1. The summed E-state index contributed by atoms with van der Waals surface area (Å²) < 4.78 is 5.81. The van der Waals surface area contributed by atoms with E-state index in [0.29, 0.717) is 6.54 Å². The maximum absolute atomic E-state index is 5.89. The van der Waals surface area contributed by atoms with Gasteiger partial charge in [-0.25, -0.2) is 0 Å². The highest BCUT2D eigenvalue weighted by Gasteiger charge is 2.19. The fraction of sp³-hybridized carbons (Fsp3) is 0.400. The van der Waals surface area contributed by atoms with E-state index in [1.807, 2.05) is 24.4 Å². The van der Waals surface area contributed by atoms with Gasteiger partial charge in [0, 0.05) is 31.9 Å². The second kappa shape index (κ2) is 6.50. The molecule has 2 aromatic heterocycles. The molecule has 0 aromatic carbocycles. The van der Waals surface area contributed by atoms with Gasteiger partial charge < -0.3 is 10.2 Å². The third-order valence-corrected chi connectivity index (χ3v) is 3.27. The number of nitrogens with zero attached hydrogens (tertiary/aromatic N) is 2. The summed E-state index contributed by atoms with van der Waals surface area (Å²) in [6.07, 6.45) is 4.57. The molecule has 1 atom stereocenters. The van der Waals surface area contributed by atoms with E-state index in [0.717, 1.165) is 24.5 Å². The molecule has 1 unspecified atom stereocenters. The first-order valence-corrected chi connectivity index (χ1v) is 6.62. The van der Waals surface area contributed by atoms with Gasteiger partial charge in [0.05, 0.1) is 6.04 Å². The molecule has 0 aliphatic heterocycles. The van der Waals surface area contributed by atoms with Crippen molar-refractivity contribution in [3.8, 4) is 0 Å². The van der Waals surface area contributed by atoms with Crippen LogP contribution in [-0.2, 0) is 13.0 Å². The van der Waals surface area contributed by atoms with Crippen LogP contribution < -0.4 is 5.73 Å². The van der Waals surface area contributed by atoms with E-state index in [1.54, 1.807) is 6.20 Å². The van der Waals surface area contributed by atoms with Gasteiger partial charge in [-0.3, -0.25) is 9.88 Å². The Labute approximate surface area is 114 Å². The first-order valence-electron chi connectivity index (χ1n) is 6.62. The number of aromatic nitrogens is 1. The van der Waals surface area contributed by atoms with Crippen molar-refractivity contribution in [2.75, 3.05) is 13.6 Å². The molecule has 0 amide bonds. The Balaban J connectivity index is 2.08. The van der Waals surface area contributed by atoms with Gasteiger partial charge >= 0.3 is 0 Å². The van der Waals surface area contributed by atoms with Crippen molar-refractivity contribution >= 4 is 0 Å². The monoisotopic (exact) mass is 259 g/mol. The fourth-order valence-electron chi connectivity index (χ4n) is 2.17. The van der Waals surface area contributed by atoms with E-state index in [-0.39, 0.29) is 6.04 Å². The van der Waals surface area contributed by atoms with E-state index in [2.05, 4.69) is 29.9 Å². The van der Waals surface area contributed by atoms with Gasteiger partial charge in [-0.15, -0.1) is 0 Å². The third kappa shape index (κ3) is 3.43. The van der Waals surface area contributed by atoms with Crippen molar-refractivity contribution in [1.29, 1.82) is 0 Å². The van der Waals surface area contributed by atoms with Crippen LogP contribution in [0.5, 0.6) is 0 Å². The highest BCUT2D eigenvalue weighted by molar-refractivity contribution is 5.13.